The smallest absolute Gasteiger partial charge is 0.234 e. The molecule has 1 amide bonds. The minimum absolute atomic E-state index is 0.134. The summed E-state index contributed by atoms with van der Waals surface area (Å²) in [6.07, 6.45) is 4.51. The van der Waals surface area contributed by atoms with Crippen LogP contribution in [0.15, 0.2) is 0 Å². The Bertz CT molecular complexity index is 292. The molecule has 5 nitrogen and oxygen atoms in total. The summed E-state index contributed by atoms with van der Waals surface area (Å²) in [6, 6.07) is 0.772. The maximum atomic E-state index is 11.8. The number of carbonyl (C=O) groups is 1. The summed E-state index contributed by atoms with van der Waals surface area (Å²) in [4.78, 5) is 14.0. The third-order valence-electron chi connectivity index (χ3n) is 3.98. The van der Waals surface area contributed by atoms with Gasteiger partial charge in [-0.2, -0.15) is 0 Å². The summed E-state index contributed by atoms with van der Waals surface area (Å²) in [5.41, 5.74) is 0. The van der Waals surface area contributed by atoms with Crippen LogP contribution in [-0.4, -0.2) is 55.5 Å². The molecular formula is C14H26N2O3. The Balaban J connectivity index is 1.96. The Labute approximate surface area is 115 Å². The van der Waals surface area contributed by atoms with E-state index in [4.69, 9.17) is 9.47 Å². The molecule has 110 valence electrons. The van der Waals surface area contributed by atoms with Crippen molar-refractivity contribution in [3.63, 3.8) is 0 Å². The van der Waals surface area contributed by atoms with E-state index in [1.807, 2.05) is 13.8 Å². The summed E-state index contributed by atoms with van der Waals surface area (Å²) in [6.45, 7) is 6.38. The topological polar surface area (TPSA) is 50.8 Å². The Morgan fingerprint density at radius 1 is 1.26 bits per heavy atom. The second-order valence-corrected chi connectivity index (χ2v) is 5.30. The van der Waals surface area contributed by atoms with E-state index in [0.717, 1.165) is 12.8 Å². The Kier molecular flexibility index (Phi) is 5.60. The summed E-state index contributed by atoms with van der Waals surface area (Å²) < 4.78 is 11.2. The predicted octanol–water partition coefficient (Wildman–Crippen LogP) is 1.13. The maximum absolute atomic E-state index is 11.8. The average molecular weight is 270 g/mol. The van der Waals surface area contributed by atoms with Gasteiger partial charge in [0.15, 0.2) is 6.29 Å². The lowest BCUT2D eigenvalue weighted by molar-refractivity contribution is -0.158. The van der Waals surface area contributed by atoms with Gasteiger partial charge in [-0.25, -0.2) is 0 Å². The summed E-state index contributed by atoms with van der Waals surface area (Å²) in [5.74, 6) is 0.134. The lowest BCUT2D eigenvalue weighted by Crippen LogP contribution is -2.62. The predicted molar refractivity (Wildman–Crippen MR) is 72.8 cm³/mol. The number of hydrogen-bond donors (Lipinski definition) is 1. The first-order valence-corrected chi connectivity index (χ1v) is 7.51. The van der Waals surface area contributed by atoms with E-state index >= 15 is 0 Å². The number of amides is 1. The van der Waals surface area contributed by atoms with Gasteiger partial charge in [-0.05, 0) is 26.7 Å². The Hall–Kier alpha value is -0.650. The summed E-state index contributed by atoms with van der Waals surface area (Å²) in [7, 11) is 0. The van der Waals surface area contributed by atoms with E-state index in [9.17, 15) is 4.79 Å². The average Bonchev–Trinajstić information content (AvgIpc) is 2.39. The van der Waals surface area contributed by atoms with Crippen LogP contribution < -0.4 is 5.32 Å². The molecule has 1 saturated carbocycles. The fraction of sp³-hybridized carbons (Fsp3) is 0.929. The highest BCUT2D eigenvalue weighted by atomic mass is 16.7. The normalized spacial score (nSPS) is 28.3. The Morgan fingerprint density at radius 2 is 1.95 bits per heavy atom. The van der Waals surface area contributed by atoms with E-state index in [-0.39, 0.29) is 12.2 Å². The van der Waals surface area contributed by atoms with Crippen LogP contribution in [0, 0.1) is 0 Å². The largest absolute Gasteiger partial charge is 0.352 e. The van der Waals surface area contributed by atoms with Gasteiger partial charge in [-0.1, -0.05) is 12.8 Å². The van der Waals surface area contributed by atoms with E-state index < -0.39 is 0 Å². The second kappa shape index (κ2) is 7.22. The second-order valence-electron chi connectivity index (χ2n) is 5.30. The SMILES string of the molecule is CCOC(CN1CC(=O)N[C@@H]2CCCC[C@H]21)OCC. The van der Waals surface area contributed by atoms with Gasteiger partial charge in [0, 0.05) is 25.3 Å². The first-order chi connectivity index (χ1) is 9.24. The zero-order chi connectivity index (χ0) is 13.7. The monoisotopic (exact) mass is 270 g/mol. The van der Waals surface area contributed by atoms with Crippen molar-refractivity contribution in [2.24, 2.45) is 0 Å². The van der Waals surface area contributed by atoms with Crippen molar-refractivity contribution in [1.29, 1.82) is 0 Å². The summed E-state index contributed by atoms with van der Waals surface area (Å²) >= 11 is 0. The zero-order valence-electron chi connectivity index (χ0n) is 12.1. The molecule has 1 N–H and O–H groups in total. The van der Waals surface area contributed by atoms with Crippen molar-refractivity contribution in [2.45, 2.75) is 57.9 Å². The third kappa shape index (κ3) is 3.91. The molecule has 1 aliphatic heterocycles. The molecule has 19 heavy (non-hydrogen) atoms. The molecule has 0 spiro atoms. The molecule has 0 aromatic rings. The minimum Gasteiger partial charge on any atom is -0.352 e. The quantitative estimate of drug-likeness (QED) is 0.735. The number of nitrogens with one attached hydrogen (secondary N) is 1. The molecule has 1 aliphatic carbocycles. The number of fused-ring (bicyclic) bond motifs is 1. The van der Waals surface area contributed by atoms with Gasteiger partial charge in [0.05, 0.1) is 13.1 Å². The zero-order valence-corrected chi connectivity index (χ0v) is 12.1. The standard InChI is InChI=1S/C14H26N2O3/c1-3-18-14(19-4-2)10-16-9-13(17)15-11-7-5-6-8-12(11)16/h11-12,14H,3-10H2,1-2H3,(H,15,17)/t11-,12-/m1/s1. The number of rotatable bonds is 6. The summed E-state index contributed by atoms with van der Waals surface area (Å²) in [5, 5.41) is 3.12. The molecular weight excluding hydrogens is 244 g/mol. The lowest BCUT2D eigenvalue weighted by Gasteiger charge is -2.44. The highest BCUT2D eigenvalue weighted by Gasteiger charge is 2.37. The van der Waals surface area contributed by atoms with Crippen molar-refractivity contribution in [2.75, 3.05) is 26.3 Å². The molecule has 1 saturated heterocycles. The maximum Gasteiger partial charge on any atom is 0.234 e. The molecule has 2 atom stereocenters. The van der Waals surface area contributed by atoms with Crippen LogP contribution >= 0.6 is 0 Å². The lowest BCUT2D eigenvalue weighted by atomic mass is 9.87. The van der Waals surface area contributed by atoms with Gasteiger partial charge < -0.3 is 14.8 Å². The minimum atomic E-state index is -0.219. The van der Waals surface area contributed by atoms with E-state index in [1.54, 1.807) is 0 Å². The van der Waals surface area contributed by atoms with Crippen molar-refractivity contribution in [3.8, 4) is 0 Å². The molecule has 1 heterocycles. The fourth-order valence-electron chi connectivity index (χ4n) is 3.19. The molecule has 2 fully saturated rings. The molecule has 2 aliphatic rings. The number of nitrogens with zero attached hydrogens (tertiary/aromatic N) is 1. The molecule has 0 aromatic heterocycles. The van der Waals surface area contributed by atoms with E-state index in [0.29, 0.717) is 38.4 Å². The van der Waals surface area contributed by atoms with Crippen LogP contribution in [0.4, 0.5) is 0 Å². The van der Waals surface area contributed by atoms with Crippen molar-refractivity contribution < 1.29 is 14.3 Å². The van der Waals surface area contributed by atoms with Crippen molar-refractivity contribution >= 4 is 5.91 Å². The van der Waals surface area contributed by atoms with Crippen LogP contribution in [0.1, 0.15) is 39.5 Å². The van der Waals surface area contributed by atoms with Gasteiger partial charge in [-0.3, -0.25) is 9.69 Å². The van der Waals surface area contributed by atoms with Gasteiger partial charge in [0.1, 0.15) is 0 Å². The molecule has 5 heteroatoms. The van der Waals surface area contributed by atoms with Crippen LogP contribution in [-0.2, 0) is 14.3 Å². The van der Waals surface area contributed by atoms with Gasteiger partial charge in [-0.15, -0.1) is 0 Å². The van der Waals surface area contributed by atoms with Gasteiger partial charge in [0.2, 0.25) is 5.91 Å². The van der Waals surface area contributed by atoms with Crippen LogP contribution in [0.5, 0.6) is 0 Å². The van der Waals surface area contributed by atoms with Crippen molar-refractivity contribution in [1.82, 2.24) is 10.2 Å². The molecule has 2 rings (SSSR count). The van der Waals surface area contributed by atoms with Crippen LogP contribution in [0.2, 0.25) is 0 Å². The highest BCUT2D eigenvalue weighted by molar-refractivity contribution is 5.79. The first-order valence-electron chi connectivity index (χ1n) is 7.51. The Morgan fingerprint density at radius 3 is 2.63 bits per heavy atom. The molecule has 0 aromatic carbocycles. The van der Waals surface area contributed by atoms with Gasteiger partial charge in [0.25, 0.3) is 0 Å². The first kappa shape index (κ1) is 14.8. The molecule has 0 bridgehead atoms. The molecule has 0 radical (unpaired) electrons. The highest BCUT2D eigenvalue weighted by Crippen LogP contribution is 2.26. The number of ether oxygens (including phenoxy) is 2. The van der Waals surface area contributed by atoms with E-state index in [2.05, 4.69) is 10.2 Å². The number of carbonyl (C=O) groups excluding carboxylic acids is 1. The fourth-order valence-corrected chi connectivity index (χ4v) is 3.19. The van der Waals surface area contributed by atoms with Crippen LogP contribution in [0.3, 0.4) is 0 Å². The molecule has 0 unspecified atom stereocenters. The van der Waals surface area contributed by atoms with Crippen molar-refractivity contribution in [3.05, 3.63) is 0 Å². The van der Waals surface area contributed by atoms with Crippen LogP contribution in [0.25, 0.3) is 0 Å². The number of hydrogen-bond acceptors (Lipinski definition) is 4. The number of piperazine rings is 1. The third-order valence-corrected chi connectivity index (χ3v) is 3.98. The van der Waals surface area contributed by atoms with Gasteiger partial charge >= 0.3 is 0 Å². The van der Waals surface area contributed by atoms with E-state index in [1.165, 1.54) is 12.8 Å².